The van der Waals surface area contributed by atoms with Crippen molar-refractivity contribution in [2.75, 3.05) is 19.5 Å². The van der Waals surface area contributed by atoms with E-state index in [1.54, 1.807) is 18.9 Å². The first-order valence-electron chi connectivity index (χ1n) is 6.09. The number of anilines is 1. The van der Waals surface area contributed by atoms with Crippen molar-refractivity contribution in [2.45, 2.75) is 13.5 Å². The van der Waals surface area contributed by atoms with Crippen LogP contribution in [-0.4, -0.2) is 24.0 Å². The summed E-state index contributed by atoms with van der Waals surface area (Å²) >= 11 is 0. The van der Waals surface area contributed by atoms with Crippen molar-refractivity contribution in [2.24, 2.45) is 7.05 Å². The number of aryl methyl sites for hydroxylation is 2. The zero-order chi connectivity index (χ0) is 13.8. The molecule has 0 aliphatic heterocycles. The fourth-order valence-electron chi connectivity index (χ4n) is 1.96. The predicted molar refractivity (Wildman–Crippen MR) is 74.8 cm³/mol. The van der Waals surface area contributed by atoms with Gasteiger partial charge in [-0.25, -0.2) is 0 Å². The standard InChI is InChI=1S/C14H19N3O2/c1-10-12(9-17(2)16-10)15-8-11-5-6-13(18-3)14(7-11)19-4/h5-7,9,15H,8H2,1-4H3. The maximum Gasteiger partial charge on any atom is 0.161 e. The lowest BCUT2D eigenvalue weighted by Crippen LogP contribution is -2.00. The van der Waals surface area contributed by atoms with E-state index in [2.05, 4.69) is 10.4 Å². The Bertz CT molecular complexity index is 564. The molecule has 0 aliphatic rings. The second-order valence-electron chi connectivity index (χ2n) is 4.34. The van der Waals surface area contributed by atoms with Crippen LogP contribution in [-0.2, 0) is 13.6 Å². The van der Waals surface area contributed by atoms with Gasteiger partial charge in [-0.05, 0) is 24.6 Å². The van der Waals surface area contributed by atoms with Crippen molar-refractivity contribution < 1.29 is 9.47 Å². The molecule has 1 aromatic carbocycles. The van der Waals surface area contributed by atoms with Crippen LogP contribution in [0.3, 0.4) is 0 Å². The number of hydrogen-bond acceptors (Lipinski definition) is 4. The normalized spacial score (nSPS) is 10.3. The summed E-state index contributed by atoms with van der Waals surface area (Å²) in [5, 5.41) is 7.65. The minimum Gasteiger partial charge on any atom is -0.493 e. The van der Waals surface area contributed by atoms with E-state index in [0.29, 0.717) is 6.54 Å². The monoisotopic (exact) mass is 261 g/mol. The first-order valence-corrected chi connectivity index (χ1v) is 6.09. The van der Waals surface area contributed by atoms with Gasteiger partial charge < -0.3 is 14.8 Å². The molecular weight excluding hydrogens is 242 g/mol. The van der Waals surface area contributed by atoms with E-state index in [1.807, 2.05) is 38.4 Å². The molecule has 0 unspecified atom stereocenters. The minimum atomic E-state index is 0.715. The van der Waals surface area contributed by atoms with Crippen LogP contribution in [0.1, 0.15) is 11.3 Å². The van der Waals surface area contributed by atoms with Crippen molar-refractivity contribution in [1.82, 2.24) is 9.78 Å². The zero-order valence-corrected chi connectivity index (χ0v) is 11.7. The highest BCUT2D eigenvalue weighted by atomic mass is 16.5. The second kappa shape index (κ2) is 5.65. The zero-order valence-electron chi connectivity index (χ0n) is 11.7. The molecule has 0 saturated carbocycles. The van der Waals surface area contributed by atoms with E-state index in [0.717, 1.165) is 28.4 Å². The van der Waals surface area contributed by atoms with Gasteiger partial charge in [0.25, 0.3) is 0 Å². The van der Waals surface area contributed by atoms with Gasteiger partial charge in [0.2, 0.25) is 0 Å². The topological polar surface area (TPSA) is 48.3 Å². The summed E-state index contributed by atoms with van der Waals surface area (Å²) in [6.07, 6.45) is 1.97. The maximum absolute atomic E-state index is 5.29. The summed E-state index contributed by atoms with van der Waals surface area (Å²) in [4.78, 5) is 0. The third kappa shape index (κ3) is 2.99. The van der Waals surface area contributed by atoms with Gasteiger partial charge >= 0.3 is 0 Å². The van der Waals surface area contributed by atoms with Crippen LogP contribution < -0.4 is 14.8 Å². The first kappa shape index (κ1) is 13.3. The molecule has 0 atom stereocenters. The van der Waals surface area contributed by atoms with Crippen molar-refractivity contribution in [3.05, 3.63) is 35.7 Å². The molecule has 0 aliphatic carbocycles. The van der Waals surface area contributed by atoms with Crippen LogP contribution in [0.5, 0.6) is 11.5 Å². The Balaban J connectivity index is 2.09. The first-order chi connectivity index (χ1) is 9.13. The fourth-order valence-corrected chi connectivity index (χ4v) is 1.96. The average molecular weight is 261 g/mol. The lowest BCUT2D eigenvalue weighted by molar-refractivity contribution is 0.354. The highest BCUT2D eigenvalue weighted by Gasteiger charge is 2.06. The molecule has 0 bridgehead atoms. The quantitative estimate of drug-likeness (QED) is 0.897. The van der Waals surface area contributed by atoms with Crippen molar-refractivity contribution in [3.8, 4) is 11.5 Å². The number of rotatable bonds is 5. The minimum absolute atomic E-state index is 0.715. The van der Waals surface area contributed by atoms with Gasteiger partial charge in [0.1, 0.15) is 0 Å². The summed E-state index contributed by atoms with van der Waals surface area (Å²) in [5.74, 6) is 1.48. The van der Waals surface area contributed by atoms with Gasteiger partial charge in [-0.2, -0.15) is 5.10 Å². The van der Waals surface area contributed by atoms with Gasteiger partial charge in [-0.15, -0.1) is 0 Å². The molecule has 1 heterocycles. The number of nitrogens with one attached hydrogen (secondary N) is 1. The van der Waals surface area contributed by atoms with Crippen LogP contribution >= 0.6 is 0 Å². The number of nitrogens with zero attached hydrogens (tertiary/aromatic N) is 2. The summed E-state index contributed by atoms with van der Waals surface area (Å²) in [6.45, 7) is 2.70. The molecule has 0 amide bonds. The smallest absolute Gasteiger partial charge is 0.161 e. The Kier molecular flexibility index (Phi) is 3.94. The van der Waals surface area contributed by atoms with Gasteiger partial charge in [-0.3, -0.25) is 4.68 Å². The molecule has 19 heavy (non-hydrogen) atoms. The largest absolute Gasteiger partial charge is 0.493 e. The van der Waals surface area contributed by atoms with Crippen LogP contribution in [0.2, 0.25) is 0 Å². The van der Waals surface area contributed by atoms with E-state index in [4.69, 9.17) is 9.47 Å². The van der Waals surface area contributed by atoms with Crippen molar-refractivity contribution >= 4 is 5.69 Å². The maximum atomic E-state index is 5.29. The van der Waals surface area contributed by atoms with Crippen molar-refractivity contribution in [1.29, 1.82) is 0 Å². The number of methoxy groups -OCH3 is 2. The average Bonchev–Trinajstić information content (AvgIpc) is 2.74. The Morgan fingerprint density at radius 2 is 1.95 bits per heavy atom. The Hall–Kier alpha value is -2.17. The molecule has 102 valence electrons. The SMILES string of the molecule is COc1ccc(CNc2cn(C)nc2C)cc1OC. The molecule has 0 spiro atoms. The molecule has 1 aromatic heterocycles. The summed E-state index contributed by atoms with van der Waals surface area (Å²) in [6, 6.07) is 5.89. The van der Waals surface area contributed by atoms with E-state index in [1.165, 1.54) is 0 Å². The van der Waals surface area contributed by atoms with E-state index in [-0.39, 0.29) is 0 Å². The third-order valence-electron chi connectivity index (χ3n) is 2.94. The summed E-state index contributed by atoms with van der Waals surface area (Å²) in [7, 11) is 5.18. The summed E-state index contributed by atoms with van der Waals surface area (Å²) in [5.41, 5.74) is 3.15. The Morgan fingerprint density at radius 3 is 2.53 bits per heavy atom. The highest BCUT2D eigenvalue weighted by molar-refractivity contribution is 5.48. The van der Waals surface area contributed by atoms with E-state index < -0.39 is 0 Å². The van der Waals surface area contributed by atoms with Crippen LogP contribution in [0.4, 0.5) is 5.69 Å². The Labute approximate surface area is 113 Å². The second-order valence-corrected chi connectivity index (χ2v) is 4.34. The number of aromatic nitrogens is 2. The fraction of sp³-hybridized carbons (Fsp3) is 0.357. The van der Waals surface area contributed by atoms with Crippen molar-refractivity contribution in [3.63, 3.8) is 0 Å². The molecule has 2 rings (SSSR count). The van der Waals surface area contributed by atoms with Gasteiger partial charge in [-0.1, -0.05) is 6.07 Å². The van der Waals surface area contributed by atoms with Gasteiger partial charge in [0.05, 0.1) is 25.6 Å². The number of ether oxygens (including phenoxy) is 2. The molecule has 5 heteroatoms. The molecule has 5 nitrogen and oxygen atoms in total. The van der Waals surface area contributed by atoms with Crippen LogP contribution in [0.25, 0.3) is 0 Å². The lowest BCUT2D eigenvalue weighted by atomic mass is 10.2. The molecule has 0 radical (unpaired) electrons. The van der Waals surface area contributed by atoms with Crippen LogP contribution in [0.15, 0.2) is 24.4 Å². The molecular formula is C14H19N3O2. The van der Waals surface area contributed by atoms with E-state index in [9.17, 15) is 0 Å². The third-order valence-corrected chi connectivity index (χ3v) is 2.94. The predicted octanol–water partition coefficient (Wildman–Crippen LogP) is 2.36. The highest BCUT2D eigenvalue weighted by Crippen LogP contribution is 2.27. The number of hydrogen-bond donors (Lipinski definition) is 1. The van der Waals surface area contributed by atoms with Crippen LogP contribution in [0, 0.1) is 6.92 Å². The molecule has 0 fully saturated rings. The lowest BCUT2D eigenvalue weighted by Gasteiger charge is -2.10. The summed E-state index contributed by atoms with van der Waals surface area (Å²) < 4.78 is 12.3. The molecule has 2 aromatic rings. The molecule has 0 saturated heterocycles. The van der Waals surface area contributed by atoms with Gasteiger partial charge in [0.15, 0.2) is 11.5 Å². The Morgan fingerprint density at radius 1 is 1.21 bits per heavy atom. The van der Waals surface area contributed by atoms with Gasteiger partial charge in [0, 0.05) is 19.8 Å². The number of benzene rings is 1. The van der Waals surface area contributed by atoms with E-state index >= 15 is 0 Å². The molecule has 1 N–H and O–H groups in total.